The number of anilines is 1. The molecule has 5 nitrogen and oxygen atoms in total. The Morgan fingerprint density at radius 2 is 2.17 bits per heavy atom. The van der Waals surface area contributed by atoms with E-state index in [1.54, 1.807) is 12.3 Å². The van der Waals surface area contributed by atoms with Gasteiger partial charge in [0.15, 0.2) is 11.2 Å². The third kappa shape index (κ3) is 2.82. The van der Waals surface area contributed by atoms with Crippen LogP contribution in [0.4, 0.5) is 5.69 Å². The van der Waals surface area contributed by atoms with Crippen molar-refractivity contribution in [2.75, 3.05) is 17.2 Å². The highest BCUT2D eigenvalue weighted by atomic mass is 32.2. The van der Waals surface area contributed by atoms with Crippen molar-refractivity contribution in [3.8, 4) is 0 Å². The molecular weight excluding hydrogens is 310 g/mol. The highest BCUT2D eigenvalue weighted by Crippen LogP contribution is 2.28. The number of benzene rings is 1. The number of para-hydroxylation sites is 1. The van der Waals surface area contributed by atoms with Crippen LogP contribution in [0, 0.1) is 0 Å². The van der Waals surface area contributed by atoms with E-state index in [-0.39, 0.29) is 5.91 Å². The maximum Gasteiger partial charge on any atom is 0.258 e. The Kier molecular flexibility index (Phi) is 3.75. The molecule has 0 fully saturated rings. The molecule has 0 spiro atoms. The summed E-state index contributed by atoms with van der Waals surface area (Å²) < 4.78 is 5.59. The molecule has 1 amide bonds. The molecule has 2 aromatic heterocycles. The zero-order valence-corrected chi connectivity index (χ0v) is 13.3. The van der Waals surface area contributed by atoms with Crippen LogP contribution in [0.2, 0.25) is 0 Å². The highest BCUT2D eigenvalue weighted by Gasteiger charge is 2.22. The molecule has 0 saturated heterocycles. The molecule has 23 heavy (non-hydrogen) atoms. The van der Waals surface area contributed by atoms with Gasteiger partial charge < -0.3 is 9.32 Å². The number of aromatic nitrogens is 2. The van der Waals surface area contributed by atoms with Crippen LogP contribution in [0.15, 0.2) is 52.2 Å². The Labute approximate surface area is 137 Å². The average molecular weight is 325 g/mol. The molecule has 0 radical (unpaired) electrons. The van der Waals surface area contributed by atoms with Gasteiger partial charge in [0, 0.05) is 18.4 Å². The number of thioether (sulfide) groups is 1. The Morgan fingerprint density at radius 3 is 3.09 bits per heavy atom. The lowest BCUT2D eigenvalue weighted by Crippen LogP contribution is -2.36. The second-order valence-electron chi connectivity index (χ2n) is 5.37. The SMILES string of the molecule is O=C(CSc1nc2ncccc2o1)N1CCCc2ccccc21. The van der Waals surface area contributed by atoms with Gasteiger partial charge in [-0.25, -0.2) is 4.98 Å². The van der Waals surface area contributed by atoms with E-state index in [0.29, 0.717) is 22.2 Å². The molecule has 4 rings (SSSR count). The molecule has 0 bridgehead atoms. The number of amides is 1. The standard InChI is InChI=1S/C17H15N3O2S/c21-15(20-10-4-6-12-5-1-2-7-13(12)20)11-23-17-19-16-14(22-17)8-3-9-18-16/h1-3,5,7-9H,4,6,10-11H2. The maximum atomic E-state index is 12.6. The van der Waals surface area contributed by atoms with Crippen LogP contribution in [0.25, 0.3) is 11.2 Å². The van der Waals surface area contributed by atoms with Gasteiger partial charge in [-0.1, -0.05) is 30.0 Å². The number of rotatable bonds is 3. The summed E-state index contributed by atoms with van der Waals surface area (Å²) in [5.74, 6) is 0.388. The number of fused-ring (bicyclic) bond motifs is 2. The fraction of sp³-hybridized carbons (Fsp3) is 0.235. The zero-order valence-electron chi connectivity index (χ0n) is 12.4. The summed E-state index contributed by atoms with van der Waals surface area (Å²) >= 11 is 1.31. The predicted molar refractivity (Wildman–Crippen MR) is 89.6 cm³/mol. The molecule has 6 heteroatoms. The van der Waals surface area contributed by atoms with Crippen LogP contribution in [0.1, 0.15) is 12.0 Å². The molecule has 116 valence electrons. The summed E-state index contributed by atoms with van der Waals surface area (Å²) in [5.41, 5.74) is 3.49. The Bertz CT molecular complexity index is 829. The van der Waals surface area contributed by atoms with Gasteiger partial charge in [-0.05, 0) is 36.6 Å². The van der Waals surface area contributed by atoms with Crippen LogP contribution in [-0.4, -0.2) is 28.2 Å². The lowest BCUT2D eigenvalue weighted by atomic mass is 10.0. The number of pyridine rings is 1. The summed E-state index contributed by atoms with van der Waals surface area (Å²) in [4.78, 5) is 22.9. The maximum absolute atomic E-state index is 12.6. The van der Waals surface area contributed by atoms with E-state index in [1.165, 1.54) is 17.3 Å². The number of hydrogen-bond donors (Lipinski definition) is 0. The van der Waals surface area contributed by atoms with Crippen LogP contribution < -0.4 is 4.90 Å². The quantitative estimate of drug-likeness (QED) is 0.692. The van der Waals surface area contributed by atoms with E-state index in [9.17, 15) is 4.79 Å². The molecule has 0 N–H and O–H groups in total. The minimum atomic E-state index is 0.0809. The van der Waals surface area contributed by atoms with Gasteiger partial charge in [0.2, 0.25) is 5.91 Å². The van der Waals surface area contributed by atoms with Crippen molar-refractivity contribution < 1.29 is 9.21 Å². The smallest absolute Gasteiger partial charge is 0.258 e. The third-order valence-electron chi connectivity index (χ3n) is 3.88. The number of aryl methyl sites for hydroxylation is 1. The van der Waals surface area contributed by atoms with Gasteiger partial charge in [0.05, 0.1) is 5.75 Å². The van der Waals surface area contributed by atoms with Crippen LogP contribution in [0.3, 0.4) is 0 Å². The Hall–Kier alpha value is -2.34. The van der Waals surface area contributed by atoms with Gasteiger partial charge in [0.25, 0.3) is 5.22 Å². The van der Waals surface area contributed by atoms with E-state index >= 15 is 0 Å². The monoisotopic (exact) mass is 325 g/mol. The number of carbonyl (C=O) groups is 1. The molecular formula is C17H15N3O2S. The van der Waals surface area contributed by atoms with E-state index in [4.69, 9.17) is 4.42 Å². The highest BCUT2D eigenvalue weighted by molar-refractivity contribution is 7.99. The van der Waals surface area contributed by atoms with Crippen molar-refractivity contribution in [3.05, 3.63) is 48.2 Å². The predicted octanol–water partition coefficient (Wildman–Crippen LogP) is 3.29. The van der Waals surface area contributed by atoms with Crippen molar-refractivity contribution in [1.82, 2.24) is 9.97 Å². The van der Waals surface area contributed by atoms with Crippen LogP contribution >= 0.6 is 11.8 Å². The summed E-state index contributed by atoms with van der Waals surface area (Å²) in [7, 11) is 0. The largest absolute Gasteiger partial charge is 0.430 e. The molecule has 0 unspecified atom stereocenters. The summed E-state index contributed by atoms with van der Waals surface area (Å²) in [6.07, 6.45) is 3.71. The fourth-order valence-corrected chi connectivity index (χ4v) is 3.51. The molecule has 0 aliphatic carbocycles. The Morgan fingerprint density at radius 1 is 1.26 bits per heavy atom. The number of carbonyl (C=O) groups excluding carboxylic acids is 1. The van der Waals surface area contributed by atoms with Gasteiger partial charge >= 0.3 is 0 Å². The van der Waals surface area contributed by atoms with Crippen molar-refractivity contribution >= 4 is 34.6 Å². The normalized spacial score (nSPS) is 14.0. The molecule has 1 aliphatic heterocycles. The van der Waals surface area contributed by atoms with E-state index in [1.807, 2.05) is 29.2 Å². The first-order valence-corrected chi connectivity index (χ1v) is 8.52. The topological polar surface area (TPSA) is 59.2 Å². The van der Waals surface area contributed by atoms with Crippen LogP contribution in [-0.2, 0) is 11.2 Å². The van der Waals surface area contributed by atoms with Crippen LogP contribution in [0.5, 0.6) is 0 Å². The van der Waals surface area contributed by atoms with Crippen molar-refractivity contribution in [1.29, 1.82) is 0 Å². The first kappa shape index (κ1) is 14.3. The first-order chi connectivity index (χ1) is 11.3. The van der Waals surface area contributed by atoms with E-state index < -0.39 is 0 Å². The summed E-state index contributed by atoms with van der Waals surface area (Å²) in [6.45, 7) is 0.769. The van der Waals surface area contributed by atoms with Gasteiger partial charge in [0.1, 0.15) is 0 Å². The van der Waals surface area contributed by atoms with Crippen molar-refractivity contribution in [3.63, 3.8) is 0 Å². The third-order valence-corrected chi connectivity index (χ3v) is 4.69. The summed E-state index contributed by atoms with van der Waals surface area (Å²) in [5, 5.41) is 0.484. The van der Waals surface area contributed by atoms with E-state index in [0.717, 1.165) is 25.1 Å². The molecule has 1 aromatic carbocycles. The number of oxazole rings is 1. The fourth-order valence-electron chi connectivity index (χ4n) is 2.81. The summed E-state index contributed by atoms with van der Waals surface area (Å²) in [6, 6.07) is 11.7. The van der Waals surface area contributed by atoms with E-state index in [2.05, 4.69) is 16.0 Å². The average Bonchev–Trinajstić information content (AvgIpc) is 3.02. The molecule has 1 aliphatic rings. The molecule has 3 heterocycles. The lowest BCUT2D eigenvalue weighted by Gasteiger charge is -2.29. The second kappa shape index (κ2) is 6.04. The lowest BCUT2D eigenvalue weighted by molar-refractivity contribution is -0.116. The molecule has 0 saturated carbocycles. The van der Waals surface area contributed by atoms with Crippen molar-refractivity contribution in [2.24, 2.45) is 0 Å². The first-order valence-electron chi connectivity index (χ1n) is 7.54. The minimum absolute atomic E-state index is 0.0809. The van der Waals surface area contributed by atoms with Gasteiger partial charge in [-0.3, -0.25) is 4.79 Å². The van der Waals surface area contributed by atoms with Crippen molar-refractivity contribution in [2.45, 2.75) is 18.1 Å². The van der Waals surface area contributed by atoms with Gasteiger partial charge in [-0.15, -0.1) is 0 Å². The zero-order chi connectivity index (χ0) is 15.6. The molecule has 3 aromatic rings. The number of nitrogens with zero attached hydrogens (tertiary/aromatic N) is 3. The Balaban J connectivity index is 1.48. The molecule has 0 atom stereocenters. The number of hydrogen-bond acceptors (Lipinski definition) is 5. The second-order valence-corrected chi connectivity index (χ2v) is 6.30. The minimum Gasteiger partial charge on any atom is -0.430 e. The van der Waals surface area contributed by atoms with Gasteiger partial charge in [-0.2, -0.15) is 4.98 Å².